The molecule has 0 radical (unpaired) electrons. The van der Waals surface area contributed by atoms with Gasteiger partial charge in [-0.05, 0) is 31.9 Å². The topological polar surface area (TPSA) is 54.6 Å². The smallest absolute Gasteiger partial charge is 0.356 e. The number of hydrogen-bond acceptors (Lipinski definition) is 2. The van der Waals surface area contributed by atoms with Crippen LogP contribution in [0.25, 0.3) is 5.52 Å². The number of carboxylic acids is 1. The Labute approximate surface area is 92.5 Å². The second kappa shape index (κ2) is 3.07. The number of aromatic carboxylic acids is 1. The van der Waals surface area contributed by atoms with Crippen molar-refractivity contribution in [1.82, 2.24) is 9.38 Å². The highest BCUT2D eigenvalue weighted by Gasteiger charge is 2.30. The van der Waals surface area contributed by atoms with Gasteiger partial charge in [-0.25, -0.2) is 9.78 Å². The van der Waals surface area contributed by atoms with Crippen LogP contribution in [0.5, 0.6) is 0 Å². The fraction of sp³-hybridized carbons (Fsp3) is 0.333. The molecule has 0 unspecified atom stereocenters. The van der Waals surface area contributed by atoms with Gasteiger partial charge in [0.15, 0.2) is 5.69 Å². The van der Waals surface area contributed by atoms with Crippen molar-refractivity contribution in [2.45, 2.75) is 25.7 Å². The lowest BCUT2D eigenvalue weighted by Crippen LogP contribution is -1.97. The number of imidazole rings is 1. The van der Waals surface area contributed by atoms with Crippen molar-refractivity contribution in [3.63, 3.8) is 0 Å². The molecule has 0 aromatic carbocycles. The summed E-state index contributed by atoms with van der Waals surface area (Å²) in [5, 5.41) is 9.11. The molecule has 0 aliphatic heterocycles. The number of hydrogen-bond donors (Lipinski definition) is 1. The molecule has 0 amide bonds. The summed E-state index contributed by atoms with van der Waals surface area (Å²) in [5.74, 6) is 0.405. The molecule has 82 valence electrons. The van der Waals surface area contributed by atoms with E-state index < -0.39 is 5.97 Å². The molecule has 0 bridgehead atoms. The molecule has 2 aromatic heterocycles. The molecule has 1 aliphatic carbocycles. The first kappa shape index (κ1) is 9.39. The third kappa shape index (κ3) is 1.23. The molecule has 2 heterocycles. The number of pyridine rings is 1. The first-order valence-corrected chi connectivity index (χ1v) is 5.39. The van der Waals surface area contributed by atoms with E-state index in [0.717, 1.165) is 24.4 Å². The van der Waals surface area contributed by atoms with Crippen LogP contribution < -0.4 is 0 Å². The minimum absolute atomic E-state index is 0.172. The summed E-state index contributed by atoms with van der Waals surface area (Å²) in [5.41, 5.74) is 1.92. The largest absolute Gasteiger partial charge is 0.476 e. The molecule has 16 heavy (non-hydrogen) atoms. The Morgan fingerprint density at radius 1 is 1.50 bits per heavy atom. The second-order valence-electron chi connectivity index (χ2n) is 4.29. The molecule has 3 rings (SSSR count). The van der Waals surface area contributed by atoms with Crippen molar-refractivity contribution in [2.24, 2.45) is 0 Å². The van der Waals surface area contributed by atoms with Crippen LogP contribution in [0.4, 0.5) is 0 Å². The highest BCUT2D eigenvalue weighted by molar-refractivity contribution is 5.93. The van der Waals surface area contributed by atoms with Gasteiger partial charge in [-0.1, -0.05) is 6.07 Å². The Hall–Kier alpha value is -1.84. The third-order valence-corrected chi connectivity index (χ3v) is 3.03. The van der Waals surface area contributed by atoms with E-state index in [1.54, 1.807) is 0 Å². The fourth-order valence-corrected chi connectivity index (χ4v) is 2.10. The van der Waals surface area contributed by atoms with E-state index in [9.17, 15) is 4.79 Å². The molecule has 4 nitrogen and oxygen atoms in total. The highest BCUT2D eigenvalue weighted by atomic mass is 16.4. The van der Waals surface area contributed by atoms with E-state index in [2.05, 4.69) is 4.98 Å². The van der Waals surface area contributed by atoms with Gasteiger partial charge in [0.05, 0.1) is 5.52 Å². The molecule has 2 aromatic rings. The minimum Gasteiger partial charge on any atom is -0.476 e. The van der Waals surface area contributed by atoms with Gasteiger partial charge in [0.25, 0.3) is 0 Å². The Morgan fingerprint density at radius 2 is 2.25 bits per heavy atom. The SMILES string of the molecule is Cc1cccc2c(C(=O)O)nc(C3CC3)n12. The zero-order valence-corrected chi connectivity index (χ0v) is 8.97. The zero-order valence-electron chi connectivity index (χ0n) is 8.97. The van der Waals surface area contributed by atoms with Gasteiger partial charge in [0.2, 0.25) is 0 Å². The van der Waals surface area contributed by atoms with Crippen LogP contribution in [0.2, 0.25) is 0 Å². The number of aryl methyl sites for hydroxylation is 1. The van der Waals surface area contributed by atoms with E-state index in [1.165, 1.54) is 0 Å². The van der Waals surface area contributed by atoms with Crippen molar-refractivity contribution >= 4 is 11.5 Å². The molecule has 1 fully saturated rings. The van der Waals surface area contributed by atoms with E-state index in [4.69, 9.17) is 5.11 Å². The maximum atomic E-state index is 11.1. The van der Waals surface area contributed by atoms with Gasteiger partial charge < -0.3 is 5.11 Å². The van der Waals surface area contributed by atoms with Gasteiger partial charge in [-0.15, -0.1) is 0 Å². The Bertz CT molecular complexity index is 582. The van der Waals surface area contributed by atoms with Crippen LogP contribution in [0.1, 0.15) is 40.8 Å². The number of nitrogens with zero attached hydrogens (tertiary/aromatic N) is 2. The summed E-state index contributed by atoms with van der Waals surface area (Å²) in [6, 6.07) is 5.66. The summed E-state index contributed by atoms with van der Waals surface area (Å²) < 4.78 is 1.97. The van der Waals surface area contributed by atoms with E-state index >= 15 is 0 Å². The third-order valence-electron chi connectivity index (χ3n) is 3.03. The van der Waals surface area contributed by atoms with Crippen LogP contribution in [0.3, 0.4) is 0 Å². The summed E-state index contributed by atoms with van der Waals surface area (Å²) in [7, 11) is 0. The van der Waals surface area contributed by atoms with E-state index in [-0.39, 0.29) is 5.69 Å². The number of carboxylic acid groups (broad SMARTS) is 1. The van der Waals surface area contributed by atoms with Crippen molar-refractivity contribution < 1.29 is 9.90 Å². The van der Waals surface area contributed by atoms with E-state index in [1.807, 2.05) is 29.5 Å². The van der Waals surface area contributed by atoms with Crippen LogP contribution in [-0.2, 0) is 0 Å². The van der Waals surface area contributed by atoms with Gasteiger partial charge in [0.1, 0.15) is 5.82 Å². The quantitative estimate of drug-likeness (QED) is 0.837. The van der Waals surface area contributed by atoms with Crippen LogP contribution in [-0.4, -0.2) is 20.5 Å². The predicted molar refractivity (Wildman–Crippen MR) is 58.9 cm³/mol. The van der Waals surface area contributed by atoms with Crippen molar-refractivity contribution in [2.75, 3.05) is 0 Å². The molecule has 0 saturated heterocycles. The average molecular weight is 216 g/mol. The van der Waals surface area contributed by atoms with Gasteiger partial charge in [0, 0.05) is 11.6 Å². The fourth-order valence-electron chi connectivity index (χ4n) is 2.10. The molecule has 4 heteroatoms. The van der Waals surface area contributed by atoms with Crippen LogP contribution in [0.15, 0.2) is 18.2 Å². The Morgan fingerprint density at radius 3 is 2.88 bits per heavy atom. The van der Waals surface area contributed by atoms with E-state index in [0.29, 0.717) is 11.4 Å². The van der Waals surface area contributed by atoms with Crippen molar-refractivity contribution in [1.29, 1.82) is 0 Å². The molecule has 1 saturated carbocycles. The molecule has 1 aliphatic rings. The summed E-state index contributed by atoms with van der Waals surface area (Å²) >= 11 is 0. The van der Waals surface area contributed by atoms with Crippen LogP contribution in [0, 0.1) is 6.92 Å². The molecule has 1 N–H and O–H groups in total. The lowest BCUT2D eigenvalue weighted by Gasteiger charge is -2.02. The summed E-state index contributed by atoms with van der Waals surface area (Å²) in [4.78, 5) is 15.4. The standard InChI is InChI=1S/C12H12N2O2/c1-7-3-2-4-9-10(12(15)16)13-11(14(7)9)8-5-6-8/h2-4,8H,5-6H2,1H3,(H,15,16). The Balaban J connectivity index is 2.37. The summed E-state index contributed by atoms with van der Waals surface area (Å²) in [6.07, 6.45) is 2.24. The number of rotatable bonds is 2. The number of carbonyl (C=O) groups is 1. The molecular formula is C12H12N2O2. The summed E-state index contributed by atoms with van der Waals surface area (Å²) in [6.45, 7) is 1.98. The Kier molecular flexibility index (Phi) is 1.80. The molecule has 0 spiro atoms. The number of aromatic nitrogens is 2. The van der Waals surface area contributed by atoms with Crippen LogP contribution >= 0.6 is 0 Å². The van der Waals surface area contributed by atoms with Gasteiger partial charge >= 0.3 is 5.97 Å². The van der Waals surface area contributed by atoms with Gasteiger partial charge in [-0.2, -0.15) is 0 Å². The first-order valence-electron chi connectivity index (χ1n) is 5.39. The minimum atomic E-state index is -0.949. The molecular weight excluding hydrogens is 204 g/mol. The molecule has 0 atom stereocenters. The normalized spacial score (nSPS) is 15.6. The average Bonchev–Trinajstić information content (AvgIpc) is 2.99. The van der Waals surface area contributed by atoms with Gasteiger partial charge in [-0.3, -0.25) is 4.40 Å². The maximum Gasteiger partial charge on any atom is 0.356 e. The van der Waals surface area contributed by atoms with Crippen molar-refractivity contribution in [3.8, 4) is 0 Å². The lowest BCUT2D eigenvalue weighted by molar-refractivity contribution is 0.0693. The highest BCUT2D eigenvalue weighted by Crippen LogP contribution is 2.40. The zero-order chi connectivity index (χ0) is 11.3. The monoisotopic (exact) mass is 216 g/mol. The van der Waals surface area contributed by atoms with Crippen molar-refractivity contribution in [3.05, 3.63) is 35.4 Å². The second-order valence-corrected chi connectivity index (χ2v) is 4.29. The predicted octanol–water partition coefficient (Wildman–Crippen LogP) is 2.22. The first-order chi connectivity index (χ1) is 7.68. The maximum absolute atomic E-state index is 11.1. The number of fused-ring (bicyclic) bond motifs is 1. The lowest BCUT2D eigenvalue weighted by atomic mass is 10.3.